The lowest BCUT2D eigenvalue weighted by atomic mass is 10.0. The third-order valence-electron chi connectivity index (χ3n) is 2.01. The van der Waals surface area contributed by atoms with Crippen molar-refractivity contribution in [3.63, 3.8) is 0 Å². The van der Waals surface area contributed by atoms with Crippen molar-refractivity contribution in [1.82, 2.24) is 0 Å². The summed E-state index contributed by atoms with van der Waals surface area (Å²) >= 11 is 3.26. The lowest BCUT2D eigenvalue weighted by Crippen LogP contribution is -2.10. The molecule has 0 amide bonds. The minimum absolute atomic E-state index is 0.0358. The molecule has 1 atom stereocenters. The first kappa shape index (κ1) is 10.8. The zero-order chi connectivity index (χ0) is 9.84. The Balaban J connectivity index is 2.44. The topological polar surface area (TPSA) is 39.2 Å². The predicted octanol–water partition coefficient (Wildman–Crippen LogP) is 3.48. The van der Waals surface area contributed by atoms with E-state index < -0.39 is 0 Å². The number of furan rings is 1. The third kappa shape index (κ3) is 3.53. The number of hydrogen-bond donors (Lipinski definition) is 1. The summed E-state index contributed by atoms with van der Waals surface area (Å²) < 4.78 is 6.12. The largest absolute Gasteiger partial charge is 0.453 e. The molecule has 1 aromatic heterocycles. The van der Waals surface area contributed by atoms with Crippen LogP contribution < -0.4 is 5.73 Å². The molecule has 0 saturated carbocycles. The van der Waals surface area contributed by atoms with Gasteiger partial charge in [-0.25, -0.2) is 0 Å². The van der Waals surface area contributed by atoms with Crippen molar-refractivity contribution < 1.29 is 4.42 Å². The molecule has 3 heteroatoms. The van der Waals surface area contributed by atoms with E-state index in [0.717, 1.165) is 23.3 Å². The highest BCUT2D eigenvalue weighted by Crippen LogP contribution is 2.23. The first-order valence-corrected chi connectivity index (χ1v) is 5.39. The maximum atomic E-state index is 5.94. The van der Waals surface area contributed by atoms with Gasteiger partial charge in [0.1, 0.15) is 5.76 Å². The van der Waals surface area contributed by atoms with E-state index >= 15 is 0 Å². The van der Waals surface area contributed by atoms with Crippen molar-refractivity contribution in [3.8, 4) is 0 Å². The second-order valence-corrected chi connectivity index (χ2v) is 4.50. The van der Waals surface area contributed by atoms with Gasteiger partial charge < -0.3 is 10.2 Å². The van der Waals surface area contributed by atoms with Gasteiger partial charge in [-0.15, -0.1) is 0 Å². The molecule has 0 bridgehead atoms. The fourth-order valence-corrected chi connectivity index (χ4v) is 1.50. The van der Waals surface area contributed by atoms with Crippen molar-refractivity contribution >= 4 is 15.9 Å². The van der Waals surface area contributed by atoms with E-state index in [1.54, 1.807) is 0 Å². The summed E-state index contributed by atoms with van der Waals surface area (Å²) in [5.41, 5.74) is 5.94. The van der Waals surface area contributed by atoms with Gasteiger partial charge in [-0.05, 0) is 46.8 Å². The van der Waals surface area contributed by atoms with Gasteiger partial charge in [-0.2, -0.15) is 0 Å². The smallest absolute Gasteiger partial charge is 0.169 e. The summed E-state index contributed by atoms with van der Waals surface area (Å²) in [6.45, 7) is 4.40. The Morgan fingerprint density at radius 2 is 2.08 bits per heavy atom. The van der Waals surface area contributed by atoms with Gasteiger partial charge in [0.15, 0.2) is 4.67 Å². The minimum atomic E-state index is 0.0358. The van der Waals surface area contributed by atoms with E-state index in [0.29, 0.717) is 5.92 Å². The van der Waals surface area contributed by atoms with Crippen LogP contribution in [0.3, 0.4) is 0 Å². The van der Waals surface area contributed by atoms with E-state index in [2.05, 4.69) is 29.8 Å². The van der Waals surface area contributed by atoms with Crippen LogP contribution in [0, 0.1) is 5.92 Å². The second-order valence-electron chi connectivity index (χ2n) is 3.72. The maximum Gasteiger partial charge on any atom is 0.169 e. The Hall–Kier alpha value is -0.280. The molecule has 0 aliphatic heterocycles. The van der Waals surface area contributed by atoms with Crippen molar-refractivity contribution in [3.05, 3.63) is 22.6 Å². The van der Waals surface area contributed by atoms with E-state index in [4.69, 9.17) is 10.2 Å². The van der Waals surface area contributed by atoms with Crippen molar-refractivity contribution in [2.45, 2.75) is 32.7 Å². The van der Waals surface area contributed by atoms with Crippen LogP contribution >= 0.6 is 15.9 Å². The van der Waals surface area contributed by atoms with Crippen LogP contribution in [0.2, 0.25) is 0 Å². The van der Waals surface area contributed by atoms with Gasteiger partial charge >= 0.3 is 0 Å². The highest BCUT2D eigenvalue weighted by atomic mass is 79.9. The van der Waals surface area contributed by atoms with E-state index in [1.807, 2.05) is 12.1 Å². The average Bonchev–Trinajstić information content (AvgIpc) is 2.47. The van der Waals surface area contributed by atoms with Crippen LogP contribution in [-0.4, -0.2) is 0 Å². The molecule has 74 valence electrons. The second kappa shape index (κ2) is 4.82. The molecule has 0 radical (unpaired) electrons. The molecule has 1 rings (SSSR count). The van der Waals surface area contributed by atoms with Gasteiger partial charge in [0.2, 0.25) is 0 Å². The lowest BCUT2D eigenvalue weighted by Gasteiger charge is -2.09. The molecule has 0 fully saturated rings. The molecule has 0 spiro atoms. The van der Waals surface area contributed by atoms with E-state index in [9.17, 15) is 0 Å². The summed E-state index contributed by atoms with van der Waals surface area (Å²) in [6, 6.07) is 3.84. The van der Waals surface area contributed by atoms with Crippen LogP contribution in [0.15, 0.2) is 21.2 Å². The van der Waals surface area contributed by atoms with Crippen LogP contribution in [0.25, 0.3) is 0 Å². The average molecular weight is 246 g/mol. The van der Waals surface area contributed by atoms with Crippen molar-refractivity contribution in [2.75, 3.05) is 0 Å². The molecule has 13 heavy (non-hydrogen) atoms. The van der Waals surface area contributed by atoms with Gasteiger partial charge in [0, 0.05) is 0 Å². The molecule has 1 unspecified atom stereocenters. The monoisotopic (exact) mass is 245 g/mol. The van der Waals surface area contributed by atoms with Crippen molar-refractivity contribution in [2.24, 2.45) is 11.7 Å². The first-order chi connectivity index (χ1) is 6.09. The summed E-state index contributed by atoms with van der Waals surface area (Å²) in [5.74, 6) is 1.57. The fourth-order valence-electron chi connectivity index (χ4n) is 1.18. The SMILES string of the molecule is CC(C)CCC(N)c1ccc(Br)o1. The molecule has 0 aliphatic rings. The molecule has 1 heterocycles. The van der Waals surface area contributed by atoms with Crippen LogP contribution in [-0.2, 0) is 0 Å². The zero-order valence-corrected chi connectivity index (χ0v) is 9.67. The maximum absolute atomic E-state index is 5.94. The number of rotatable bonds is 4. The third-order valence-corrected chi connectivity index (χ3v) is 2.44. The quantitative estimate of drug-likeness (QED) is 0.883. The zero-order valence-electron chi connectivity index (χ0n) is 8.09. The Kier molecular flexibility index (Phi) is 4.00. The minimum Gasteiger partial charge on any atom is -0.453 e. The Labute approximate surface area is 87.6 Å². The molecular weight excluding hydrogens is 230 g/mol. The Morgan fingerprint density at radius 3 is 2.54 bits per heavy atom. The molecule has 0 saturated heterocycles. The summed E-state index contributed by atoms with van der Waals surface area (Å²) in [7, 11) is 0. The standard InChI is InChI=1S/C10H16BrNO/c1-7(2)3-4-8(12)9-5-6-10(11)13-9/h5-8H,3-4,12H2,1-2H3. The fraction of sp³-hybridized carbons (Fsp3) is 0.600. The summed E-state index contributed by atoms with van der Waals surface area (Å²) in [6.07, 6.45) is 2.12. The van der Waals surface area contributed by atoms with E-state index in [-0.39, 0.29) is 6.04 Å². The first-order valence-electron chi connectivity index (χ1n) is 4.60. The lowest BCUT2D eigenvalue weighted by molar-refractivity contribution is 0.414. The number of halogens is 1. The van der Waals surface area contributed by atoms with Gasteiger partial charge in [0.25, 0.3) is 0 Å². The van der Waals surface area contributed by atoms with Crippen LogP contribution in [0.4, 0.5) is 0 Å². The molecular formula is C10H16BrNO. The summed E-state index contributed by atoms with van der Waals surface area (Å²) in [5, 5.41) is 0. The highest BCUT2D eigenvalue weighted by Gasteiger charge is 2.10. The predicted molar refractivity (Wildman–Crippen MR) is 57.4 cm³/mol. The Bertz CT molecular complexity index is 257. The Morgan fingerprint density at radius 1 is 1.38 bits per heavy atom. The summed E-state index contributed by atoms with van der Waals surface area (Å²) in [4.78, 5) is 0. The van der Waals surface area contributed by atoms with Crippen molar-refractivity contribution in [1.29, 1.82) is 0 Å². The number of hydrogen-bond acceptors (Lipinski definition) is 2. The highest BCUT2D eigenvalue weighted by molar-refractivity contribution is 9.10. The van der Waals surface area contributed by atoms with Gasteiger partial charge in [0.05, 0.1) is 6.04 Å². The van der Waals surface area contributed by atoms with E-state index in [1.165, 1.54) is 0 Å². The van der Waals surface area contributed by atoms with Gasteiger partial charge in [-0.3, -0.25) is 0 Å². The normalized spacial score (nSPS) is 13.6. The molecule has 2 nitrogen and oxygen atoms in total. The molecule has 1 aromatic rings. The van der Waals surface area contributed by atoms with Crippen LogP contribution in [0.1, 0.15) is 38.5 Å². The number of nitrogens with two attached hydrogens (primary N) is 1. The van der Waals surface area contributed by atoms with Gasteiger partial charge in [-0.1, -0.05) is 13.8 Å². The molecule has 0 aliphatic carbocycles. The molecule has 2 N–H and O–H groups in total. The molecule has 0 aromatic carbocycles. The van der Waals surface area contributed by atoms with Crippen LogP contribution in [0.5, 0.6) is 0 Å².